The number of aliphatic hydroxyl groups excluding tert-OH is 1. The number of hydrogen-bond donors (Lipinski definition) is 3. The van der Waals surface area contributed by atoms with E-state index in [1.807, 2.05) is 0 Å². The largest absolute Gasteiger partial charge is 0.407 e. The molecule has 2 aromatic carbocycles. The molecule has 3 rings (SSSR count). The first-order valence-electron chi connectivity index (χ1n) is 8.83. The molecule has 0 radical (unpaired) electrons. The Hall–Kier alpha value is -2.36. The monoisotopic (exact) mass is 426 g/mol. The van der Waals surface area contributed by atoms with E-state index in [1.54, 1.807) is 48.0 Å². The maximum Gasteiger partial charge on any atom is 0.407 e. The molecule has 0 aliphatic heterocycles. The van der Waals surface area contributed by atoms with E-state index in [0.717, 1.165) is 5.56 Å². The molecule has 156 valence electrons. The first-order valence-corrected chi connectivity index (χ1v) is 10.3. The topological polar surface area (TPSA) is 82.2 Å². The van der Waals surface area contributed by atoms with Gasteiger partial charge in [0, 0.05) is 22.7 Å². The zero-order chi connectivity index (χ0) is 21.6. The summed E-state index contributed by atoms with van der Waals surface area (Å²) in [5, 5.41) is 10.9. The van der Waals surface area contributed by atoms with Crippen LogP contribution in [0.15, 0.2) is 47.5 Å². The van der Waals surface area contributed by atoms with Crippen LogP contribution >= 0.6 is 0 Å². The van der Waals surface area contributed by atoms with Crippen molar-refractivity contribution < 1.29 is 26.7 Å². The fraction of sp³-hybridized carbons (Fsp3) is 0.300. The minimum absolute atomic E-state index is 0.0389. The maximum absolute atomic E-state index is 13.8. The molecule has 0 saturated carbocycles. The van der Waals surface area contributed by atoms with Crippen LogP contribution in [0.3, 0.4) is 0 Å². The molecule has 29 heavy (non-hydrogen) atoms. The molecule has 3 N–H and O–H groups in total. The number of fused-ring (bicyclic) bond motifs is 1. The fourth-order valence-electron chi connectivity index (χ4n) is 3.65. The number of nitrogens with one attached hydrogen (secondary N) is 2. The summed E-state index contributed by atoms with van der Waals surface area (Å²) < 4.78 is 68.7. The number of alkyl halides is 3. The highest BCUT2D eigenvalue weighted by atomic mass is 32.2. The first kappa shape index (κ1) is 21.4. The van der Waals surface area contributed by atoms with E-state index >= 15 is 0 Å². The summed E-state index contributed by atoms with van der Waals surface area (Å²) >= 11 is 0. The van der Waals surface area contributed by atoms with Crippen LogP contribution in [-0.2, 0) is 10.0 Å². The second-order valence-corrected chi connectivity index (χ2v) is 8.75. The van der Waals surface area contributed by atoms with Gasteiger partial charge in [-0.2, -0.15) is 17.9 Å². The van der Waals surface area contributed by atoms with Gasteiger partial charge in [-0.15, -0.1) is 0 Å². The number of benzene rings is 2. The number of sulfonamides is 1. The molecule has 1 aromatic heterocycles. The van der Waals surface area contributed by atoms with Crippen molar-refractivity contribution in [3.63, 3.8) is 0 Å². The molecule has 1 heterocycles. The Morgan fingerprint density at radius 1 is 1.07 bits per heavy atom. The molecule has 9 heteroatoms. The number of aryl methyl sites for hydroxylation is 3. The van der Waals surface area contributed by atoms with Crippen LogP contribution in [0.1, 0.15) is 28.4 Å². The Morgan fingerprint density at radius 3 is 2.24 bits per heavy atom. The minimum atomic E-state index is -5.02. The number of H-pyrrole nitrogens is 1. The SMILES string of the molecule is Cc1cc(C)c(S(=O)(=O)NC([C@@H](O)c2c[nH]c3ccccc23)C(F)(F)F)c(C)c1. The van der Waals surface area contributed by atoms with E-state index in [1.165, 1.54) is 20.0 Å². The molecule has 5 nitrogen and oxygen atoms in total. The average Bonchev–Trinajstić information content (AvgIpc) is 3.01. The smallest absolute Gasteiger partial charge is 0.386 e. The Balaban J connectivity index is 2.05. The Bertz CT molecular complexity index is 1130. The Morgan fingerprint density at radius 2 is 1.66 bits per heavy atom. The van der Waals surface area contributed by atoms with E-state index in [-0.39, 0.29) is 10.5 Å². The van der Waals surface area contributed by atoms with E-state index in [0.29, 0.717) is 22.0 Å². The van der Waals surface area contributed by atoms with Crippen LogP contribution in [0.25, 0.3) is 10.9 Å². The normalized spacial score (nSPS) is 14.9. The maximum atomic E-state index is 13.8. The van der Waals surface area contributed by atoms with Crippen LogP contribution in [0.5, 0.6) is 0 Å². The van der Waals surface area contributed by atoms with Crippen LogP contribution in [-0.4, -0.2) is 30.7 Å². The molecule has 0 saturated heterocycles. The molecule has 0 spiro atoms. The van der Waals surface area contributed by atoms with Gasteiger partial charge in [-0.3, -0.25) is 0 Å². The average molecular weight is 426 g/mol. The highest BCUT2D eigenvalue weighted by Gasteiger charge is 2.48. The minimum Gasteiger partial charge on any atom is -0.386 e. The van der Waals surface area contributed by atoms with Crippen molar-refractivity contribution in [2.45, 2.75) is 44.0 Å². The molecule has 3 aromatic rings. The van der Waals surface area contributed by atoms with E-state index in [9.17, 15) is 26.7 Å². The summed E-state index contributed by atoms with van der Waals surface area (Å²) in [5.41, 5.74) is 1.96. The number of aromatic nitrogens is 1. The summed E-state index contributed by atoms with van der Waals surface area (Å²) in [4.78, 5) is 2.57. The van der Waals surface area contributed by atoms with Gasteiger partial charge in [-0.25, -0.2) is 8.42 Å². The molecule has 2 atom stereocenters. The first-order chi connectivity index (χ1) is 13.4. The lowest BCUT2D eigenvalue weighted by atomic mass is 10.0. The summed E-state index contributed by atoms with van der Waals surface area (Å²) in [6.07, 6.45) is -5.89. The number of rotatable bonds is 5. The van der Waals surface area contributed by atoms with Gasteiger partial charge in [0.2, 0.25) is 10.0 Å². The van der Waals surface area contributed by atoms with Crippen LogP contribution < -0.4 is 4.72 Å². The third-order valence-electron chi connectivity index (χ3n) is 4.76. The van der Waals surface area contributed by atoms with E-state index in [4.69, 9.17) is 0 Å². The van der Waals surface area contributed by atoms with Gasteiger partial charge < -0.3 is 10.1 Å². The van der Waals surface area contributed by atoms with Crippen molar-refractivity contribution >= 4 is 20.9 Å². The predicted molar refractivity (Wildman–Crippen MR) is 104 cm³/mol. The number of halogens is 3. The second-order valence-electron chi connectivity index (χ2n) is 7.10. The fourth-order valence-corrected chi connectivity index (χ4v) is 5.33. The molecular weight excluding hydrogens is 405 g/mol. The number of hydrogen-bond acceptors (Lipinski definition) is 3. The van der Waals surface area contributed by atoms with Crippen LogP contribution in [0, 0.1) is 20.8 Å². The van der Waals surface area contributed by atoms with Gasteiger partial charge in [0.25, 0.3) is 0 Å². The van der Waals surface area contributed by atoms with Gasteiger partial charge in [-0.05, 0) is 38.0 Å². The quantitative estimate of drug-likeness (QED) is 0.576. The molecule has 0 aliphatic rings. The lowest BCUT2D eigenvalue weighted by Gasteiger charge is -2.27. The lowest BCUT2D eigenvalue weighted by molar-refractivity contribution is -0.173. The lowest BCUT2D eigenvalue weighted by Crippen LogP contribution is -2.49. The van der Waals surface area contributed by atoms with E-state index in [2.05, 4.69) is 4.98 Å². The standard InChI is InChI=1S/C20H21F3N2O3S/c1-11-8-12(2)18(13(3)9-11)29(27,28)25-19(20(21,22)23)17(26)15-10-24-16-7-5-4-6-14(15)16/h4-10,17,19,24-26H,1-3H3/t17-,19?/m0/s1. The summed E-state index contributed by atoms with van der Waals surface area (Å²) in [6, 6.07) is 6.98. The molecule has 0 fully saturated rings. The van der Waals surface area contributed by atoms with Crippen molar-refractivity contribution in [2.24, 2.45) is 0 Å². The predicted octanol–water partition coefficient (Wildman–Crippen LogP) is 4.04. The molecular formula is C20H21F3N2O3S. The third-order valence-corrected chi connectivity index (χ3v) is 6.51. The molecule has 0 amide bonds. The Labute approximate surface area is 166 Å². The van der Waals surface area contributed by atoms with Crippen molar-refractivity contribution in [3.8, 4) is 0 Å². The van der Waals surface area contributed by atoms with Gasteiger partial charge in [0.05, 0.1) is 4.90 Å². The van der Waals surface area contributed by atoms with Gasteiger partial charge in [0.15, 0.2) is 0 Å². The third kappa shape index (κ3) is 4.17. The zero-order valence-corrected chi connectivity index (χ0v) is 16.8. The van der Waals surface area contributed by atoms with Crippen LogP contribution in [0.4, 0.5) is 13.2 Å². The van der Waals surface area contributed by atoms with Crippen molar-refractivity contribution in [1.29, 1.82) is 0 Å². The molecule has 0 bridgehead atoms. The number of aliphatic hydroxyl groups is 1. The van der Waals surface area contributed by atoms with Crippen molar-refractivity contribution in [1.82, 2.24) is 9.71 Å². The van der Waals surface area contributed by atoms with Gasteiger partial charge in [-0.1, -0.05) is 35.9 Å². The number of para-hydroxylation sites is 1. The highest BCUT2D eigenvalue weighted by Crippen LogP contribution is 2.35. The van der Waals surface area contributed by atoms with E-state index < -0.39 is 28.3 Å². The van der Waals surface area contributed by atoms with Crippen molar-refractivity contribution in [3.05, 3.63) is 64.8 Å². The molecule has 0 aliphatic carbocycles. The Kier molecular flexibility index (Phi) is 5.50. The summed E-state index contributed by atoms with van der Waals surface area (Å²) in [5.74, 6) is 0. The molecule has 1 unspecified atom stereocenters. The summed E-state index contributed by atoms with van der Waals surface area (Å²) in [6.45, 7) is 4.81. The van der Waals surface area contributed by atoms with Gasteiger partial charge >= 0.3 is 6.18 Å². The van der Waals surface area contributed by atoms with Gasteiger partial charge in [0.1, 0.15) is 12.1 Å². The van der Waals surface area contributed by atoms with Crippen molar-refractivity contribution in [2.75, 3.05) is 0 Å². The zero-order valence-electron chi connectivity index (χ0n) is 16.0. The number of aromatic amines is 1. The second kappa shape index (κ2) is 7.47. The summed E-state index contributed by atoms with van der Waals surface area (Å²) in [7, 11) is -4.55. The highest BCUT2D eigenvalue weighted by molar-refractivity contribution is 7.89. The van der Waals surface area contributed by atoms with Crippen LogP contribution in [0.2, 0.25) is 0 Å².